The predicted molar refractivity (Wildman–Crippen MR) is 119 cm³/mol. The van der Waals surface area contributed by atoms with Gasteiger partial charge >= 0.3 is 0 Å². The summed E-state index contributed by atoms with van der Waals surface area (Å²) in [5.74, 6) is 0.760. The molecule has 1 N–H and O–H groups in total. The van der Waals surface area contributed by atoms with E-state index in [4.69, 9.17) is 34.8 Å². The Morgan fingerprint density at radius 2 is 1.89 bits per heavy atom. The number of halogens is 3. The summed E-state index contributed by atoms with van der Waals surface area (Å²) in [6.45, 7) is 6.90. The van der Waals surface area contributed by atoms with E-state index in [0.717, 1.165) is 11.4 Å². The lowest BCUT2D eigenvalue weighted by Crippen LogP contribution is -2.15. The summed E-state index contributed by atoms with van der Waals surface area (Å²) in [5.41, 5.74) is 2.70. The molecule has 10 heteroatoms. The Balaban J connectivity index is 1.72. The summed E-state index contributed by atoms with van der Waals surface area (Å²) in [5, 5.41) is 15.1. The Hall–Kier alpha value is -1.25. The van der Waals surface area contributed by atoms with Crippen LogP contribution in [-0.4, -0.2) is 26.4 Å². The minimum atomic E-state index is -0.222. The number of hydrogen-bond donors (Lipinski definition) is 1. The Morgan fingerprint density at radius 1 is 1.18 bits per heavy atom. The van der Waals surface area contributed by atoms with Crippen LogP contribution < -0.4 is 5.32 Å². The minimum absolute atomic E-state index is 0.163. The van der Waals surface area contributed by atoms with Crippen LogP contribution in [0.2, 0.25) is 15.1 Å². The maximum Gasteiger partial charge on any atom is 0.234 e. The molecule has 0 saturated carbocycles. The van der Waals surface area contributed by atoms with Gasteiger partial charge in [0, 0.05) is 22.4 Å². The maximum atomic E-state index is 12.3. The summed E-state index contributed by atoms with van der Waals surface area (Å²) in [7, 11) is 0. The molecule has 28 heavy (non-hydrogen) atoms. The number of carbonyl (C=O) groups is 1. The molecule has 0 spiro atoms. The second kappa shape index (κ2) is 9.05. The van der Waals surface area contributed by atoms with Gasteiger partial charge in [-0.1, -0.05) is 46.6 Å². The lowest BCUT2D eigenvalue weighted by Gasteiger charge is -2.09. The van der Waals surface area contributed by atoms with Crippen molar-refractivity contribution in [3.8, 4) is 11.4 Å². The molecule has 0 unspecified atom stereocenters. The van der Waals surface area contributed by atoms with Gasteiger partial charge in [-0.05, 0) is 38.5 Å². The molecule has 0 bridgehead atoms. The average molecular weight is 476 g/mol. The topological polar surface area (TPSA) is 59.8 Å². The van der Waals surface area contributed by atoms with E-state index in [-0.39, 0.29) is 11.7 Å². The second-order valence-electron chi connectivity index (χ2n) is 5.96. The number of thiophene rings is 1. The highest BCUT2D eigenvalue weighted by Crippen LogP contribution is 2.33. The number of rotatable bonds is 6. The van der Waals surface area contributed by atoms with Crippen molar-refractivity contribution in [3.63, 3.8) is 0 Å². The molecule has 0 atom stereocenters. The quantitative estimate of drug-likeness (QED) is 0.334. The van der Waals surface area contributed by atoms with Crippen LogP contribution in [0.5, 0.6) is 0 Å². The molecular weight excluding hydrogens is 459 g/mol. The average Bonchev–Trinajstić information content (AvgIpc) is 3.21. The van der Waals surface area contributed by atoms with Crippen molar-refractivity contribution in [1.29, 1.82) is 0 Å². The molecule has 0 fully saturated rings. The fourth-order valence-electron chi connectivity index (χ4n) is 2.55. The van der Waals surface area contributed by atoms with Crippen molar-refractivity contribution in [2.75, 3.05) is 11.1 Å². The van der Waals surface area contributed by atoms with E-state index in [2.05, 4.69) is 34.7 Å². The van der Waals surface area contributed by atoms with E-state index in [1.54, 1.807) is 11.3 Å². The highest BCUT2D eigenvalue weighted by Gasteiger charge is 2.18. The Kier molecular flexibility index (Phi) is 6.94. The Labute approximate surface area is 186 Å². The van der Waals surface area contributed by atoms with Gasteiger partial charge in [0.15, 0.2) is 11.0 Å². The highest BCUT2D eigenvalue weighted by atomic mass is 35.5. The van der Waals surface area contributed by atoms with Crippen LogP contribution in [0.15, 0.2) is 22.7 Å². The summed E-state index contributed by atoms with van der Waals surface area (Å²) < 4.78 is 2.01. The number of hydrogen-bond acceptors (Lipinski definition) is 5. The number of amides is 1. The molecule has 5 nitrogen and oxygen atoms in total. The van der Waals surface area contributed by atoms with Gasteiger partial charge in [-0.25, -0.2) is 0 Å². The van der Waals surface area contributed by atoms with Gasteiger partial charge in [0.25, 0.3) is 0 Å². The molecule has 148 valence electrons. The van der Waals surface area contributed by atoms with Gasteiger partial charge in [0.05, 0.1) is 26.5 Å². The van der Waals surface area contributed by atoms with E-state index in [1.807, 2.05) is 11.5 Å². The smallest absolute Gasteiger partial charge is 0.234 e. The number of aromatic nitrogens is 3. The van der Waals surface area contributed by atoms with Crippen molar-refractivity contribution >= 4 is 69.5 Å². The molecule has 0 aliphatic carbocycles. The first-order valence-electron chi connectivity index (χ1n) is 8.37. The summed E-state index contributed by atoms with van der Waals surface area (Å²) in [6, 6.07) is 3.03. The molecule has 0 aliphatic rings. The van der Waals surface area contributed by atoms with Crippen LogP contribution in [-0.2, 0) is 11.3 Å². The van der Waals surface area contributed by atoms with Crippen LogP contribution in [0.1, 0.15) is 17.4 Å². The van der Waals surface area contributed by atoms with E-state index in [9.17, 15) is 4.79 Å². The van der Waals surface area contributed by atoms with Gasteiger partial charge < -0.3 is 9.88 Å². The lowest BCUT2D eigenvalue weighted by atomic mass is 10.1. The van der Waals surface area contributed by atoms with Crippen LogP contribution in [0, 0.1) is 13.8 Å². The molecule has 0 aliphatic heterocycles. The molecule has 3 rings (SSSR count). The first-order chi connectivity index (χ1) is 13.3. The Bertz CT molecular complexity index is 1030. The van der Waals surface area contributed by atoms with Gasteiger partial charge in [-0.15, -0.1) is 21.5 Å². The highest BCUT2D eigenvalue weighted by molar-refractivity contribution is 7.99. The number of nitrogens with zero attached hydrogens (tertiary/aromatic N) is 3. The summed E-state index contributed by atoms with van der Waals surface area (Å²) in [6.07, 6.45) is 0. The molecule has 0 radical (unpaired) electrons. The third-order valence-electron chi connectivity index (χ3n) is 4.18. The van der Waals surface area contributed by atoms with Crippen molar-refractivity contribution in [3.05, 3.63) is 43.0 Å². The number of benzene rings is 1. The van der Waals surface area contributed by atoms with Crippen molar-refractivity contribution < 1.29 is 4.79 Å². The molecule has 2 heterocycles. The SMILES string of the molecule is CCn1c(SCC(=O)Nc2cc(Cl)c(Cl)cc2Cl)nnc1-c1csc(C)c1C. The minimum Gasteiger partial charge on any atom is -0.324 e. The van der Waals surface area contributed by atoms with E-state index in [1.165, 1.54) is 34.3 Å². The van der Waals surface area contributed by atoms with E-state index < -0.39 is 0 Å². The Morgan fingerprint density at radius 3 is 2.54 bits per heavy atom. The summed E-state index contributed by atoms with van der Waals surface area (Å²) >= 11 is 21.0. The molecule has 0 saturated heterocycles. The van der Waals surface area contributed by atoms with Crippen LogP contribution >= 0.6 is 57.9 Å². The normalized spacial score (nSPS) is 11.1. The summed E-state index contributed by atoms with van der Waals surface area (Å²) in [4.78, 5) is 13.6. The molecule has 3 aromatic rings. The van der Waals surface area contributed by atoms with E-state index >= 15 is 0 Å². The van der Waals surface area contributed by atoms with E-state index in [0.29, 0.717) is 32.5 Å². The number of nitrogens with one attached hydrogen (secondary N) is 1. The lowest BCUT2D eigenvalue weighted by molar-refractivity contribution is -0.113. The van der Waals surface area contributed by atoms with Crippen molar-refractivity contribution in [2.45, 2.75) is 32.5 Å². The van der Waals surface area contributed by atoms with Crippen molar-refractivity contribution in [1.82, 2.24) is 14.8 Å². The second-order valence-corrected chi connectivity index (χ2v) is 9.21. The molecule has 1 aromatic carbocycles. The van der Waals surface area contributed by atoms with Gasteiger partial charge in [-0.2, -0.15) is 0 Å². The fraction of sp³-hybridized carbons (Fsp3) is 0.278. The first kappa shape index (κ1) is 21.5. The fourth-order valence-corrected chi connectivity index (χ4v) is 4.81. The number of thioether (sulfide) groups is 1. The van der Waals surface area contributed by atoms with Crippen molar-refractivity contribution in [2.24, 2.45) is 0 Å². The van der Waals surface area contributed by atoms with Crippen LogP contribution in [0.3, 0.4) is 0 Å². The molecule has 2 aromatic heterocycles. The zero-order valence-corrected chi connectivity index (χ0v) is 19.2. The van der Waals surface area contributed by atoms with Gasteiger partial charge in [-0.3, -0.25) is 4.79 Å². The predicted octanol–water partition coefficient (Wildman–Crippen LogP) is 6.33. The largest absolute Gasteiger partial charge is 0.324 e. The number of carbonyl (C=O) groups excluding carboxylic acids is 1. The zero-order valence-electron chi connectivity index (χ0n) is 15.3. The van der Waals surface area contributed by atoms with Crippen LogP contribution in [0.4, 0.5) is 5.69 Å². The standard InChI is InChI=1S/C18H17Cl3N4OS2/c1-4-25-17(11-7-27-10(3)9(11)2)23-24-18(25)28-8-16(26)22-15-6-13(20)12(19)5-14(15)21/h5-7H,4,8H2,1-3H3,(H,22,26). The third-order valence-corrected chi connectivity index (χ3v) is 7.19. The maximum absolute atomic E-state index is 12.3. The van der Waals surface area contributed by atoms with Gasteiger partial charge in [0.2, 0.25) is 5.91 Å². The third kappa shape index (κ3) is 4.49. The number of aryl methyl sites for hydroxylation is 1. The number of anilines is 1. The van der Waals surface area contributed by atoms with Crippen LogP contribution in [0.25, 0.3) is 11.4 Å². The monoisotopic (exact) mass is 474 g/mol. The molecular formula is C18H17Cl3N4OS2. The first-order valence-corrected chi connectivity index (χ1v) is 11.4. The molecule has 1 amide bonds. The van der Waals surface area contributed by atoms with Gasteiger partial charge in [0.1, 0.15) is 0 Å². The zero-order chi connectivity index (χ0) is 20.4.